The van der Waals surface area contributed by atoms with E-state index in [-0.39, 0.29) is 0 Å². The Labute approximate surface area is 107 Å². The van der Waals surface area contributed by atoms with E-state index in [1.807, 2.05) is 0 Å². The van der Waals surface area contributed by atoms with E-state index < -0.39 is 0 Å². The smallest absolute Gasteiger partial charge is 0.0220 e. The maximum atomic E-state index is 3.69. The maximum Gasteiger partial charge on any atom is 0.0220 e. The average Bonchev–Trinajstić information content (AvgIpc) is 2.55. The highest BCUT2D eigenvalue weighted by molar-refractivity contribution is 4.81. The van der Waals surface area contributed by atoms with E-state index in [0.29, 0.717) is 0 Å². The van der Waals surface area contributed by atoms with E-state index in [4.69, 9.17) is 0 Å². The highest BCUT2D eigenvalue weighted by Gasteiger charge is 2.23. The summed E-state index contributed by atoms with van der Waals surface area (Å²) < 4.78 is 0. The molecule has 2 rings (SSSR count). The molecule has 2 unspecified atom stereocenters. The zero-order chi connectivity index (χ0) is 12.1. The van der Waals surface area contributed by atoms with Crippen LogP contribution in [0.25, 0.3) is 0 Å². The van der Waals surface area contributed by atoms with Crippen LogP contribution >= 0.6 is 0 Å². The third-order valence-electron chi connectivity index (χ3n) is 4.39. The van der Waals surface area contributed by atoms with Gasteiger partial charge in [-0.1, -0.05) is 12.8 Å². The molecule has 0 spiro atoms. The molecule has 17 heavy (non-hydrogen) atoms. The van der Waals surface area contributed by atoms with Crippen molar-refractivity contribution >= 4 is 0 Å². The summed E-state index contributed by atoms with van der Waals surface area (Å²) >= 11 is 0. The summed E-state index contributed by atoms with van der Waals surface area (Å²) in [6.07, 6.45) is 8.33. The van der Waals surface area contributed by atoms with Crippen LogP contribution in [0.2, 0.25) is 0 Å². The molecule has 2 aliphatic rings. The Kier molecular flexibility index (Phi) is 5.26. The molecule has 3 heteroatoms. The summed E-state index contributed by atoms with van der Waals surface area (Å²) in [5.41, 5.74) is 0. The first-order chi connectivity index (χ1) is 8.25. The Balaban J connectivity index is 1.70. The van der Waals surface area contributed by atoms with Gasteiger partial charge in [-0.2, -0.15) is 0 Å². The lowest BCUT2D eigenvalue weighted by molar-refractivity contribution is 0.204. The number of likely N-dealkylation sites (tertiary alicyclic amines) is 1. The molecule has 0 saturated carbocycles. The molecule has 2 aliphatic heterocycles. The number of likely N-dealkylation sites (N-methyl/N-ethyl adjacent to an activating group) is 2. The predicted molar refractivity (Wildman–Crippen MR) is 73.4 cm³/mol. The van der Waals surface area contributed by atoms with Gasteiger partial charge < -0.3 is 15.1 Å². The van der Waals surface area contributed by atoms with E-state index in [9.17, 15) is 0 Å². The van der Waals surface area contributed by atoms with Gasteiger partial charge in [0.2, 0.25) is 0 Å². The maximum absolute atomic E-state index is 3.69. The zero-order valence-corrected chi connectivity index (χ0v) is 11.6. The molecule has 2 saturated heterocycles. The molecule has 0 aromatic heterocycles. The number of nitrogens with one attached hydrogen (secondary N) is 1. The Hall–Kier alpha value is -0.120. The summed E-state index contributed by atoms with van der Waals surface area (Å²) in [5, 5.41) is 3.69. The molecule has 2 heterocycles. The van der Waals surface area contributed by atoms with Gasteiger partial charge in [0.05, 0.1) is 0 Å². The molecule has 0 bridgehead atoms. The van der Waals surface area contributed by atoms with Gasteiger partial charge in [0.15, 0.2) is 0 Å². The zero-order valence-electron chi connectivity index (χ0n) is 11.6. The number of hydrogen-bond donors (Lipinski definition) is 1. The SMILES string of the molecule is CN(CC1CCCCCN1)CC1CCCN1C. The van der Waals surface area contributed by atoms with Gasteiger partial charge in [-0.05, 0) is 52.9 Å². The molecular weight excluding hydrogens is 210 g/mol. The lowest BCUT2D eigenvalue weighted by Crippen LogP contribution is -2.43. The Morgan fingerprint density at radius 1 is 1.12 bits per heavy atom. The Morgan fingerprint density at radius 3 is 2.76 bits per heavy atom. The van der Waals surface area contributed by atoms with Crippen molar-refractivity contribution in [2.24, 2.45) is 0 Å². The lowest BCUT2D eigenvalue weighted by atomic mass is 10.1. The van der Waals surface area contributed by atoms with Crippen LogP contribution in [0.15, 0.2) is 0 Å². The first-order valence-electron chi connectivity index (χ1n) is 7.38. The lowest BCUT2D eigenvalue weighted by Gasteiger charge is -2.28. The van der Waals surface area contributed by atoms with Crippen LogP contribution < -0.4 is 5.32 Å². The van der Waals surface area contributed by atoms with Crippen molar-refractivity contribution in [2.75, 3.05) is 40.3 Å². The molecule has 0 amide bonds. The summed E-state index contributed by atoms with van der Waals surface area (Å²) in [6, 6.07) is 1.53. The van der Waals surface area contributed by atoms with Crippen molar-refractivity contribution in [3.05, 3.63) is 0 Å². The molecule has 1 N–H and O–H groups in total. The molecule has 3 nitrogen and oxygen atoms in total. The van der Waals surface area contributed by atoms with Gasteiger partial charge in [-0.25, -0.2) is 0 Å². The van der Waals surface area contributed by atoms with E-state index in [1.54, 1.807) is 0 Å². The summed E-state index contributed by atoms with van der Waals surface area (Å²) in [6.45, 7) is 4.99. The van der Waals surface area contributed by atoms with E-state index in [2.05, 4.69) is 29.2 Å². The minimum Gasteiger partial charge on any atom is -0.313 e. The van der Waals surface area contributed by atoms with Crippen LogP contribution in [0, 0.1) is 0 Å². The fourth-order valence-electron chi connectivity index (χ4n) is 3.28. The third-order valence-corrected chi connectivity index (χ3v) is 4.39. The summed E-state index contributed by atoms with van der Waals surface area (Å²) in [5.74, 6) is 0. The third kappa shape index (κ3) is 4.23. The number of hydrogen-bond acceptors (Lipinski definition) is 3. The fourth-order valence-corrected chi connectivity index (χ4v) is 3.28. The van der Waals surface area contributed by atoms with Crippen molar-refractivity contribution in [1.82, 2.24) is 15.1 Å². The summed E-state index contributed by atoms with van der Waals surface area (Å²) in [7, 11) is 4.56. The molecule has 2 fully saturated rings. The first-order valence-corrected chi connectivity index (χ1v) is 7.38. The first kappa shape index (κ1) is 13.3. The van der Waals surface area contributed by atoms with Crippen molar-refractivity contribution in [3.63, 3.8) is 0 Å². The van der Waals surface area contributed by atoms with Gasteiger partial charge in [-0.3, -0.25) is 0 Å². The van der Waals surface area contributed by atoms with Crippen molar-refractivity contribution in [2.45, 2.75) is 50.6 Å². The molecule has 0 radical (unpaired) electrons. The largest absolute Gasteiger partial charge is 0.313 e. The second kappa shape index (κ2) is 6.72. The number of nitrogens with zero attached hydrogens (tertiary/aromatic N) is 2. The van der Waals surface area contributed by atoms with Gasteiger partial charge in [0, 0.05) is 25.2 Å². The van der Waals surface area contributed by atoms with Gasteiger partial charge in [-0.15, -0.1) is 0 Å². The van der Waals surface area contributed by atoms with E-state index >= 15 is 0 Å². The second-order valence-electron chi connectivity index (χ2n) is 6.00. The van der Waals surface area contributed by atoms with Crippen LogP contribution in [-0.4, -0.2) is 62.2 Å². The minimum atomic E-state index is 0.731. The molecule has 2 atom stereocenters. The van der Waals surface area contributed by atoms with Crippen LogP contribution in [0.3, 0.4) is 0 Å². The van der Waals surface area contributed by atoms with Crippen LogP contribution in [-0.2, 0) is 0 Å². The average molecular weight is 239 g/mol. The molecule has 0 aliphatic carbocycles. The van der Waals surface area contributed by atoms with Crippen LogP contribution in [0.4, 0.5) is 0 Å². The topological polar surface area (TPSA) is 18.5 Å². The van der Waals surface area contributed by atoms with E-state index in [1.165, 1.54) is 64.7 Å². The monoisotopic (exact) mass is 239 g/mol. The Bertz CT molecular complexity index is 212. The van der Waals surface area contributed by atoms with Crippen molar-refractivity contribution in [1.29, 1.82) is 0 Å². The minimum absolute atomic E-state index is 0.731. The summed E-state index contributed by atoms with van der Waals surface area (Å²) in [4.78, 5) is 5.06. The highest BCUT2D eigenvalue weighted by Crippen LogP contribution is 2.16. The normalized spacial score (nSPS) is 31.9. The standard InChI is InChI=1S/C14H29N3/c1-16(12-14-8-6-10-17(14)2)11-13-7-4-3-5-9-15-13/h13-15H,3-12H2,1-2H3. The fraction of sp³-hybridized carbons (Fsp3) is 1.00. The van der Waals surface area contributed by atoms with Gasteiger partial charge >= 0.3 is 0 Å². The quantitative estimate of drug-likeness (QED) is 0.803. The predicted octanol–water partition coefficient (Wildman–Crippen LogP) is 1.54. The number of rotatable bonds is 4. The van der Waals surface area contributed by atoms with Crippen LogP contribution in [0.5, 0.6) is 0 Å². The molecule has 0 aromatic carbocycles. The Morgan fingerprint density at radius 2 is 2.00 bits per heavy atom. The van der Waals surface area contributed by atoms with E-state index in [0.717, 1.165) is 12.1 Å². The van der Waals surface area contributed by atoms with Crippen molar-refractivity contribution < 1.29 is 0 Å². The molecule has 0 aromatic rings. The molecule has 100 valence electrons. The highest BCUT2D eigenvalue weighted by atomic mass is 15.2. The molecular formula is C14H29N3. The van der Waals surface area contributed by atoms with Crippen LogP contribution in [0.1, 0.15) is 38.5 Å². The van der Waals surface area contributed by atoms with Gasteiger partial charge in [0.25, 0.3) is 0 Å². The van der Waals surface area contributed by atoms with Gasteiger partial charge in [0.1, 0.15) is 0 Å². The van der Waals surface area contributed by atoms with Crippen molar-refractivity contribution in [3.8, 4) is 0 Å². The second-order valence-corrected chi connectivity index (χ2v) is 6.00.